The van der Waals surface area contributed by atoms with E-state index in [0.29, 0.717) is 5.56 Å². The first-order valence-electron chi connectivity index (χ1n) is 5.01. The smallest absolute Gasteiger partial charge is 0.117 e. The number of rotatable bonds is 5. The zero-order chi connectivity index (χ0) is 12.8. The number of nitrogen functional groups attached to an aromatic ring is 1. The molecule has 17 heavy (non-hydrogen) atoms. The molecule has 92 valence electrons. The van der Waals surface area contributed by atoms with Gasteiger partial charge in [0.25, 0.3) is 0 Å². The first-order chi connectivity index (χ1) is 8.06. The Hall–Kier alpha value is -1.95. The average Bonchev–Trinajstić information content (AvgIpc) is 2.28. The fourth-order valence-corrected chi connectivity index (χ4v) is 1.43. The quantitative estimate of drug-likeness (QED) is 0.264. The molecule has 1 aromatic carbocycles. The summed E-state index contributed by atoms with van der Waals surface area (Å²) in [6.07, 6.45) is -2.12. The third-order valence-corrected chi connectivity index (χ3v) is 2.34. The second kappa shape index (κ2) is 5.95. The summed E-state index contributed by atoms with van der Waals surface area (Å²) in [5.74, 6) is -0.0120. The lowest BCUT2D eigenvalue weighted by Gasteiger charge is -2.19. The minimum absolute atomic E-state index is 0.0120. The molecule has 0 radical (unpaired) electrons. The highest BCUT2D eigenvalue weighted by molar-refractivity contribution is 5.52. The Kier molecular flexibility index (Phi) is 4.59. The number of anilines is 1. The lowest BCUT2D eigenvalue weighted by Crippen LogP contribution is -2.20. The number of benzene rings is 1. The van der Waals surface area contributed by atoms with Crippen molar-refractivity contribution in [2.75, 3.05) is 12.3 Å². The summed E-state index contributed by atoms with van der Waals surface area (Å²) in [5.41, 5.74) is 14.2. The fourth-order valence-electron chi connectivity index (χ4n) is 1.43. The van der Waals surface area contributed by atoms with Crippen molar-refractivity contribution >= 4 is 5.69 Å². The van der Waals surface area contributed by atoms with Gasteiger partial charge in [-0.2, -0.15) is 0 Å². The molecule has 0 aliphatic heterocycles. The Morgan fingerprint density at radius 2 is 2.12 bits per heavy atom. The lowest BCUT2D eigenvalue weighted by molar-refractivity contribution is 0.0154. The molecule has 5 N–H and O–H groups in total. The largest absolute Gasteiger partial charge is 0.508 e. The molecule has 0 fully saturated rings. The van der Waals surface area contributed by atoms with Gasteiger partial charge in [-0.05, 0) is 18.0 Å². The van der Waals surface area contributed by atoms with Crippen LogP contribution in [0.5, 0.6) is 5.75 Å². The van der Waals surface area contributed by atoms with Gasteiger partial charge in [-0.1, -0.05) is 11.2 Å². The summed E-state index contributed by atoms with van der Waals surface area (Å²) < 4.78 is 0. The number of nitrogens with zero attached hydrogens (tertiary/aromatic N) is 3. The lowest BCUT2D eigenvalue weighted by atomic mass is 10.0. The van der Waals surface area contributed by atoms with Crippen LogP contribution in [-0.2, 0) is 0 Å². The van der Waals surface area contributed by atoms with Crippen LogP contribution in [-0.4, -0.2) is 28.0 Å². The second-order valence-electron chi connectivity index (χ2n) is 3.57. The van der Waals surface area contributed by atoms with Crippen LogP contribution < -0.4 is 5.73 Å². The van der Waals surface area contributed by atoms with E-state index in [0.717, 1.165) is 0 Å². The van der Waals surface area contributed by atoms with Crippen molar-refractivity contribution in [3.8, 4) is 5.75 Å². The molecular formula is C10H14N4O3. The highest BCUT2D eigenvalue weighted by atomic mass is 16.3. The molecule has 0 aromatic heterocycles. The highest BCUT2D eigenvalue weighted by Crippen LogP contribution is 2.27. The molecule has 0 saturated heterocycles. The minimum Gasteiger partial charge on any atom is -0.508 e. The summed E-state index contributed by atoms with van der Waals surface area (Å²) in [7, 11) is 0. The Labute approximate surface area is 97.7 Å². The monoisotopic (exact) mass is 238 g/mol. The number of hydrogen-bond acceptors (Lipinski definition) is 5. The number of hydrogen-bond donors (Lipinski definition) is 4. The molecule has 2 atom stereocenters. The van der Waals surface area contributed by atoms with Gasteiger partial charge in [-0.25, -0.2) is 0 Å². The SMILES string of the molecule is [N-]=[N+]=NCCC(O)C(O)c1ccc(O)cc1N. The van der Waals surface area contributed by atoms with E-state index in [-0.39, 0.29) is 24.4 Å². The molecule has 0 heterocycles. The molecule has 0 aliphatic carbocycles. The average molecular weight is 238 g/mol. The van der Waals surface area contributed by atoms with Crippen LogP contribution in [0.15, 0.2) is 23.3 Å². The van der Waals surface area contributed by atoms with Gasteiger partial charge in [0.15, 0.2) is 0 Å². The van der Waals surface area contributed by atoms with Crippen molar-refractivity contribution in [3.05, 3.63) is 34.2 Å². The maximum Gasteiger partial charge on any atom is 0.117 e. The summed E-state index contributed by atoms with van der Waals surface area (Å²) in [6, 6.07) is 4.10. The number of nitrogens with two attached hydrogens (primary N) is 1. The number of azide groups is 1. The Morgan fingerprint density at radius 3 is 2.71 bits per heavy atom. The zero-order valence-corrected chi connectivity index (χ0v) is 9.06. The molecule has 7 heteroatoms. The molecule has 0 aliphatic rings. The van der Waals surface area contributed by atoms with Crippen molar-refractivity contribution in [1.82, 2.24) is 0 Å². The van der Waals surface area contributed by atoms with E-state index in [2.05, 4.69) is 10.0 Å². The van der Waals surface area contributed by atoms with Crippen LogP contribution in [0.1, 0.15) is 18.1 Å². The number of aliphatic hydroxyl groups excluding tert-OH is 2. The maximum absolute atomic E-state index is 9.81. The summed E-state index contributed by atoms with van der Waals surface area (Å²) in [6.45, 7) is 0.0900. The highest BCUT2D eigenvalue weighted by Gasteiger charge is 2.20. The normalized spacial score (nSPS) is 13.8. The van der Waals surface area contributed by atoms with E-state index in [4.69, 9.17) is 16.4 Å². The van der Waals surface area contributed by atoms with Gasteiger partial charge in [-0.15, -0.1) is 0 Å². The number of aromatic hydroxyl groups is 1. The van der Waals surface area contributed by atoms with Gasteiger partial charge < -0.3 is 21.1 Å². The van der Waals surface area contributed by atoms with Crippen LogP contribution in [0.4, 0.5) is 5.69 Å². The number of phenolic OH excluding ortho intramolecular Hbond substituents is 1. The van der Waals surface area contributed by atoms with Crippen molar-refractivity contribution in [2.24, 2.45) is 5.11 Å². The Bertz CT molecular complexity index is 432. The fraction of sp³-hybridized carbons (Fsp3) is 0.400. The second-order valence-corrected chi connectivity index (χ2v) is 3.57. The zero-order valence-electron chi connectivity index (χ0n) is 9.06. The number of phenols is 1. The van der Waals surface area contributed by atoms with Crippen molar-refractivity contribution < 1.29 is 15.3 Å². The predicted molar refractivity (Wildman–Crippen MR) is 62.1 cm³/mol. The summed E-state index contributed by atoms with van der Waals surface area (Å²) in [5, 5.41) is 31.9. The molecule has 0 bridgehead atoms. The molecule has 1 aromatic rings. The first-order valence-corrected chi connectivity index (χ1v) is 5.01. The van der Waals surface area contributed by atoms with Crippen LogP contribution in [0, 0.1) is 0 Å². The van der Waals surface area contributed by atoms with Gasteiger partial charge in [-0.3, -0.25) is 0 Å². The summed E-state index contributed by atoms with van der Waals surface area (Å²) >= 11 is 0. The van der Waals surface area contributed by atoms with E-state index in [9.17, 15) is 10.2 Å². The van der Waals surface area contributed by atoms with Crippen molar-refractivity contribution in [1.29, 1.82) is 0 Å². The Morgan fingerprint density at radius 1 is 1.41 bits per heavy atom. The molecule has 2 unspecified atom stereocenters. The van der Waals surface area contributed by atoms with Crippen LogP contribution in [0.2, 0.25) is 0 Å². The summed E-state index contributed by atoms with van der Waals surface area (Å²) in [4.78, 5) is 2.54. The molecule has 1 rings (SSSR count). The van der Waals surface area contributed by atoms with E-state index < -0.39 is 12.2 Å². The van der Waals surface area contributed by atoms with Gasteiger partial charge in [0.1, 0.15) is 11.9 Å². The van der Waals surface area contributed by atoms with Gasteiger partial charge >= 0.3 is 0 Å². The molecule has 0 amide bonds. The van der Waals surface area contributed by atoms with Crippen molar-refractivity contribution in [2.45, 2.75) is 18.6 Å². The molecule has 7 nitrogen and oxygen atoms in total. The third kappa shape index (κ3) is 3.53. The topological polar surface area (TPSA) is 135 Å². The van der Waals surface area contributed by atoms with E-state index >= 15 is 0 Å². The molecule has 0 spiro atoms. The van der Waals surface area contributed by atoms with E-state index in [1.54, 1.807) is 0 Å². The number of aliphatic hydroxyl groups is 2. The van der Waals surface area contributed by atoms with Crippen molar-refractivity contribution in [3.63, 3.8) is 0 Å². The predicted octanol–water partition coefficient (Wildman–Crippen LogP) is 1.07. The minimum atomic E-state index is -1.18. The maximum atomic E-state index is 9.81. The van der Waals surface area contributed by atoms with E-state index in [1.807, 2.05) is 0 Å². The van der Waals surface area contributed by atoms with Gasteiger partial charge in [0, 0.05) is 28.8 Å². The van der Waals surface area contributed by atoms with Crippen LogP contribution in [0.3, 0.4) is 0 Å². The van der Waals surface area contributed by atoms with E-state index in [1.165, 1.54) is 18.2 Å². The molecule has 0 saturated carbocycles. The first kappa shape index (κ1) is 13.1. The Balaban J connectivity index is 2.73. The third-order valence-electron chi connectivity index (χ3n) is 2.34. The van der Waals surface area contributed by atoms with Gasteiger partial charge in [0.05, 0.1) is 6.10 Å². The standard InChI is InChI=1S/C10H14N4O3/c11-8-5-6(15)1-2-7(8)10(17)9(16)3-4-13-14-12/h1-2,5,9-10,15-17H,3-4,11H2. The van der Waals surface area contributed by atoms with Crippen LogP contribution >= 0.6 is 0 Å². The molecular weight excluding hydrogens is 224 g/mol. The van der Waals surface area contributed by atoms with Gasteiger partial charge in [0.2, 0.25) is 0 Å². The van der Waals surface area contributed by atoms with Crippen LogP contribution in [0.25, 0.3) is 10.4 Å².